The van der Waals surface area contributed by atoms with Crippen LogP contribution in [-0.2, 0) is 12.2 Å². The summed E-state index contributed by atoms with van der Waals surface area (Å²) < 4.78 is 4.95. The second-order valence-electron chi connectivity index (χ2n) is 5.92. The van der Waals surface area contributed by atoms with Gasteiger partial charge in [0.15, 0.2) is 11.0 Å². The van der Waals surface area contributed by atoms with Gasteiger partial charge in [0.2, 0.25) is 5.89 Å². The molecule has 0 bridgehead atoms. The minimum atomic E-state index is -0.0607. The van der Waals surface area contributed by atoms with Crippen LogP contribution in [0.25, 0.3) is 10.2 Å². The van der Waals surface area contributed by atoms with Gasteiger partial charge >= 0.3 is 0 Å². The average molecular weight is 364 g/mol. The largest absolute Gasteiger partial charge is 0.340 e. The molecular formula is C16H20N4O2S2. The van der Waals surface area contributed by atoms with Gasteiger partial charge in [-0.05, 0) is 24.8 Å². The van der Waals surface area contributed by atoms with Crippen molar-refractivity contribution >= 4 is 33.3 Å². The van der Waals surface area contributed by atoms with Crippen LogP contribution in [0.4, 0.5) is 0 Å². The van der Waals surface area contributed by atoms with Crippen LogP contribution in [0.2, 0.25) is 0 Å². The fourth-order valence-electron chi connectivity index (χ4n) is 2.50. The summed E-state index contributed by atoms with van der Waals surface area (Å²) >= 11 is 3.00. The molecule has 0 saturated carbocycles. The van der Waals surface area contributed by atoms with Crippen LogP contribution in [0.3, 0.4) is 0 Å². The summed E-state index contributed by atoms with van der Waals surface area (Å²) in [6.07, 6.45) is 2.02. The molecule has 3 aromatic rings. The highest BCUT2D eigenvalue weighted by Crippen LogP contribution is 2.30. The van der Waals surface area contributed by atoms with E-state index in [1.165, 1.54) is 16.6 Å². The van der Waals surface area contributed by atoms with Crippen LogP contribution in [-0.4, -0.2) is 20.1 Å². The van der Waals surface area contributed by atoms with Gasteiger partial charge < -0.3 is 9.51 Å². The third-order valence-electron chi connectivity index (χ3n) is 4.00. The van der Waals surface area contributed by atoms with E-state index in [9.17, 15) is 4.79 Å². The van der Waals surface area contributed by atoms with Crippen molar-refractivity contribution in [1.29, 1.82) is 0 Å². The molecule has 0 aliphatic rings. The average Bonchev–Trinajstić information content (AvgIpc) is 3.09. The summed E-state index contributed by atoms with van der Waals surface area (Å²) in [5.74, 6) is 2.19. The number of hydrogen-bond acceptors (Lipinski definition) is 7. The highest BCUT2D eigenvalue weighted by molar-refractivity contribution is 7.98. The second-order valence-corrected chi connectivity index (χ2v) is 8.09. The van der Waals surface area contributed by atoms with Gasteiger partial charge in [-0.2, -0.15) is 4.98 Å². The van der Waals surface area contributed by atoms with E-state index in [4.69, 9.17) is 4.52 Å². The number of H-pyrrole nitrogens is 1. The van der Waals surface area contributed by atoms with Crippen molar-refractivity contribution in [2.45, 2.75) is 51.4 Å². The predicted octanol–water partition coefficient (Wildman–Crippen LogP) is 3.87. The number of nitrogens with zero attached hydrogens (tertiary/aromatic N) is 3. The van der Waals surface area contributed by atoms with E-state index in [1.807, 2.05) is 0 Å². The first kappa shape index (κ1) is 17.2. The lowest BCUT2D eigenvalue weighted by atomic mass is 9.98. The van der Waals surface area contributed by atoms with Gasteiger partial charge in [0, 0.05) is 11.8 Å². The zero-order valence-electron chi connectivity index (χ0n) is 14.2. The Hall–Kier alpha value is -1.67. The number of thiophene rings is 1. The van der Waals surface area contributed by atoms with Crippen molar-refractivity contribution in [1.82, 2.24) is 20.1 Å². The van der Waals surface area contributed by atoms with Gasteiger partial charge in [0.1, 0.15) is 4.83 Å². The van der Waals surface area contributed by atoms with Gasteiger partial charge in [-0.25, -0.2) is 4.98 Å². The fraction of sp³-hybridized carbons (Fsp3) is 0.500. The van der Waals surface area contributed by atoms with Crippen LogP contribution in [0.15, 0.2) is 14.5 Å². The number of aryl methyl sites for hydroxylation is 2. The molecule has 3 heterocycles. The number of fused-ring (bicyclic) bond motifs is 1. The maximum atomic E-state index is 12.6. The zero-order valence-corrected chi connectivity index (χ0v) is 15.8. The number of thioether (sulfide) groups is 1. The highest BCUT2D eigenvalue weighted by Gasteiger charge is 2.17. The maximum absolute atomic E-state index is 12.6. The van der Waals surface area contributed by atoms with Crippen LogP contribution in [0.1, 0.15) is 42.4 Å². The molecule has 0 unspecified atom stereocenters. The van der Waals surface area contributed by atoms with Gasteiger partial charge in [0.25, 0.3) is 5.56 Å². The first-order valence-corrected chi connectivity index (χ1v) is 9.72. The summed E-state index contributed by atoms with van der Waals surface area (Å²) in [5, 5.41) is 5.19. The number of aromatic amines is 1. The fourth-order valence-corrected chi connectivity index (χ4v) is 4.31. The van der Waals surface area contributed by atoms with Gasteiger partial charge in [-0.1, -0.05) is 37.2 Å². The van der Waals surface area contributed by atoms with E-state index in [-0.39, 0.29) is 5.56 Å². The summed E-state index contributed by atoms with van der Waals surface area (Å²) in [4.78, 5) is 26.2. The van der Waals surface area contributed by atoms with E-state index in [0.29, 0.717) is 28.5 Å². The normalized spacial score (nSPS) is 12.8. The minimum absolute atomic E-state index is 0.0607. The maximum Gasteiger partial charge on any atom is 0.260 e. The molecule has 0 amide bonds. The van der Waals surface area contributed by atoms with E-state index < -0.39 is 0 Å². The second kappa shape index (κ2) is 7.06. The number of hydrogen-bond donors (Lipinski definition) is 1. The molecular weight excluding hydrogens is 344 g/mol. The van der Waals surface area contributed by atoms with Crippen molar-refractivity contribution in [2.24, 2.45) is 5.92 Å². The molecule has 8 heteroatoms. The first-order valence-electron chi connectivity index (χ1n) is 7.92. The molecule has 3 aromatic heterocycles. The van der Waals surface area contributed by atoms with Crippen LogP contribution < -0.4 is 5.56 Å². The van der Waals surface area contributed by atoms with E-state index in [1.54, 1.807) is 18.3 Å². The smallest absolute Gasteiger partial charge is 0.260 e. The number of nitrogens with one attached hydrogen (secondary N) is 1. The molecule has 24 heavy (non-hydrogen) atoms. The van der Waals surface area contributed by atoms with E-state index in [0.717, 1.165) is 28.6 Å². The predicted molar refractivity (Wildman–Crippen MR) is 96.7 cm³/mol. The SMILES string of the molecule is CC[C@H](C)Cc1c(C)sc2nc(SCc3noc(C)n3)[nH]c(=O)c12. The Morgan fingerprint density at radius 2 is 2.12 bits per heavy atom. The Bertz CT molecular complexity index is 913. The highest BCUT2D eigenvalue weighted by atomic mass is 32.2. The molecule has 6 nitrogen and oxygen atoms in total. The van der Waals surface area contributed by atoms with Crippen LogP contribution in [0.5, 0.6) is 0 Å². The van der Waals surface area contributed by atoms with Crippen molar-refractivity contribution in [3.8, 4) is 0 Å². The summed E-state index contributed by atoms with van der Waals surface area (Å²) in [6, 6.07) is 0. The summed E-state index contributed by atoms with van der Waals surface area (Å²) in [5.41, 5.74) is 1.08. The van der Waals surface area contributed by atoms with Crippen molar-refractivity contribution in [2.75, 3.05) is 0 Å². The first-order chi connectivity index (χ1) is 11.5. The molecule has 0 fully saturated rings. The molecule has 3 rings (SSSR count). The summed E-state index contributed by atoms with van der Waals surface area (Å²) in [7, 11) is 0. The Morgan fingerprint density at radius 3 is 2.79 bits per heavy atom. The van der Waals surface area contributed by atoms with Crippen molar-refractivity contribution in [3.63, 3.8) is 0 Å². The van der Waals surface area contributed by atoms with Crippen molar-refractivity contribution in [3.05, 3.63) is 32.5 Å². The molecule has 0 spiro atoms. The molecule has 0 aliphatic carbocycles. The third kappa shape index (κ3) is 3.54. The lowest BCUT2D eigenvalue weighted by Gasteiger charge is -2.08. The molecule has 0 saturated heterocycles. The lowest BCUT2D eigenvalue weighted by Crippen LogP contribution is -2.11. The van der Waals surface area contributed by atoms with Crippen LogP contribution in [0, 0.1) is 19.8 Å². The lowest BCUT2D eigenvalue weighted by molar-refractivity contribution is 0.389. The Morgan fingerprint density at radius 1 is 1.33 bits per heavy atom. The van der Waals surface area contributed by atoms with Crippen LogP contribution >= 0.6 is 23.1 Å². The van der Waals surface area contributed by atoms with Crippen molar-refractivity contribution < 1.29 is 4.52 Å². The monoisotopic (exact) mass is 364 g/mol. The molecule has 0 aromatic carbocycles. The Labute approximate surface area is 148 Å². The molecule has 1 atom stereocenters. The summed E-state index contributed by atoms with van der Waals surface area (Å²) in [6.45, 7) is 8.20. The zero-order chi connectivity index (χ0) is 17.3. The quantitative estimate of drug-likeness (QED) is 0.528. The number of aromatic nitrogens is 4. The van der Waals surface area contributed by atoms with E-state index >= 15 is 0 Å². The minimum Gasteiger partial charge on any atom is -0.340 e. The van der Waals surface area contributed by atoms with Gasteiger partial charge in [-0.3, -0.25) is 4.79 Å². The standard InChI is InChI=1S/C16H20N4O2S2/c1-5-8(2)6-11-9(3)24-15-13(11)14(21)18-16(19-15)23-7-12-17-10(4)22-20-12/h8H,5-7H2,1-4H3,(H,18,19,21)/t8-/m0/s1. The molecule has 1 N–H and O–H groups in total. The van der Waals surface area contributed by atoms with Gasteiger partial charge in [-0.15, -0.1) is 11.3 Å². The molecule has 0 radical (unpaired) electrons. The molecule has 0 aliphatic heterocycles. The third-order valence-corrected chi connectivity index (χ3v) is 5.91. The topological polar surface area (TPSA) is 84.7 Å². The van der Waals surface area contributed by atoms with E-state index in [2.05, 4.69) is 40.9 Å². The number of rotatable bonds is 6. The Kier molecular flexibility index (Phi) is 5.05. The molecule has 128 valence electrons. The Balaban J connectivity index is 1.89. The van der Waals surface area contributed by atoms with Gasteiger partial charge in [0.05, 0.1) is 11.1 Å².